The Morgan fingerprint density at radius 1 is 1.55 bits per heavy atom. The molecule has 0 saturated heterocycles. The molecule has 1 aromatic heterocycles. The van der Waals surface area contributed by atoms with Crippen LogP contribution in [0.15, 0.2) is 0 Å². The van der Waals surface area contributed by atoms with Crippen molar-refractivity contribution in [2.24, 2.45) is 0 Å². The number of nitrogens with zero attached hydrogens (tertiary/aromatic N) is 2. The van der Waals surface area contributed by atoms with E-state index in [4.69, 9.17) is 4.74 Å². The van der Waals surface area contributed by atoms with Crippen molar-refractivity contribution in [1.29, 1.82) is 0 Å². The summed E-state index contributed by atoms with van der Waals surface area (Å²) in [5.74, 6) is 2.00. The van der Waals surface area contributed by atoms with Gasteiger partial charge >= 0.3 is 0 Å². The highest BCUT2D eigenvalue weighted by Crippen LogP contribution is 2.07. The molecule has 0 atom stereocenters. The number of ether oxygens (including phenoxy) is 1. The molecule has 0 bridgehead atoms. The number of aromatic nitrogens is 3. The van der Waals surface area contributed by atoms with E-state index in [1.54, 1.807) is 7.11 Å². The Morgan fingerprint density at radius 2 is 2.27 bits per heavy atom. The van der Waals surface area contributed by atoms with Gasteiger partial charge in [-0.15, -0.1) is 0 Å². The number of rotatable bonds is 3. The summed E-state index contributed by atoms with van der Waals surface area (Å²) in [6, 6.07) is 0. The van der Waals surface area contributed by atoms with Crippen LogP contribution in [0.25, 0.3) is 0 Å². The average Bonchev–Trinajstić information content (AvgIpc) is 2.37. The fourth-order valence-corrected chi connectivity index (χ4v) is 0.770. The number of aromatic amines is 1. The first-order valence-corrected chi connectivity index (χ1v) is 3.64. The summed E-state index contributed by atoms with van der Waals surface area (Å²) in [5, 5.41) is 6.82. The van der Waals surface area contributed by atoms with E-state index in [0.717, 1.165) is 11.6 Å². The Morgan fingerprint density at radius 3 is 2.73 bits per heavy atom. The maximum atomic E-state index is 4.89. The Balaban J connectivity index is 2.66. The highest BCUT2D eigenvalue weighted by molar-refractivity contribution is 4.93. The zero-order valence-corrected chi connectivity index (χ0v) is 7.09. The second-order valence-corrected chi connectivity index (χ2v) is 2.73. The molecule has 0 unspecified atom stereocenters. The minimum Gasteiger partial charge on any atom is -0.377 e. The summed E-state index contributed by atoms with van der Waals surface area (Å²) in [7, 11) is 1.64. The summed E-state index contributed by atoms with van der Waals surface area (Å²) in [6.07, 6.45) is 0. The first-order valence-electron chi connectivity index (χ1n) is 3.64. The van der Waals surface area contributed by atoms with Crippen molar-refractivity contribution >= 4 is 0 Å². The second kappa shape index (κ2) is 3.48. The fourth-order valence-electron chi connectivity index (χ4n) is 0.770. The van der Waals surface area contributed by atoms with Gasteiger partial charge in [0.1, 0.15) is 6.61 Å². The Bertz CT molecular complexity index is 219. The summed E-state index contributed by atoms with van der Waals surface area (Å²) in [6.45, 7) is 4.61. The van der Waals surface area contributed by atoms with Gasteiger partial charge in [0.05, 0.1) is 0 Å². The quantitative estimate of drug-likeness (QED) is 0.710. The van der Waals surface area contributed by atoms with E-state index < -0.39 is 0 Å². The lowest BCUT2D eigenvalue weighted by Gasteiger charge is -1.93. The molecule has 0 saturated carbocycles. The molecule has 0 aliphatic rings. The summed E-state index contributed by atoms with van der Waals surface area (Å²) in [5.41, 5.74) is 0. The zero-order valence-electron chi connectivity index (χ0n) is 7.09. The summed E-state index contributed by atoms with van der Waals surface area (Å²) in [4.78, 5) is 4.21. The number of hydrogen-bond donors (Lipinski definition) is 1. The van der Waals surface area contributed by atoms with E-state index in [0.29, 0.717) is 12.5 Å². The van der Waals surface area contributed by atoms with Gasteiger partial charge in [0.2, 0.25) is 0 Å². The van der Waals surface area contributed by atoms with Gasteiger partial charge in [0, 0.05) is 13.0 Å². The van der Waals surface area contributed by atoms with E-state index in [2.05, 4.69) is 29.0 Å². The van der Waals surface area contributed by atoms with E-state index in [-0.39, 0.29) is 0 Å². The monoisotopic (exact) mass is 155 g/mol. The molecule has 0 amide bonds. The normalized spacial score (nSPS) is 10.9. The lowest BCUT2D eigenvalue weighted by Crippen LogP contribution is -1.91. The highest BCUT2D eigenvalue weighted by Gasteiger charge is 2.05. The highest BCUT2D eigenvalue weighted by atomic mass is 16.5. The molecule has 0 aromatic carbocycles. The second-order valence-electron chi connectivity index (χ2n) is 2.73. The van der Waals surface area contributed by atoms with Crippen LogP contribution in [0.4, 0.5) is 0 Å². The summed E-state index contributed by atoms with van der Waals surface area (Å²) >= 11 is 0. The van der Waals surface area contributed by atoms with Crippen molar-refractivity contribution < 1.29 is 4.74 Å². The largest absolute Gasteiger partial charge is 0.377 e. The van der Waals surface area contributed by atoms with E-state index >= 15 is 0 Å². The molecule has 1 N–H and O–H groups in total. The van der Waals surface area contributed by atoms with Crippen LogP contribution in [0.2, 0.25) is 0 Å². The predicted molar refractivity (Wildman–Crippen MR) is 41.2 cm³/mol. The number of H-pyrrole nitrogens is 1. The van der Waals surface area contributed by atoms with Gasteiger partial charge in [0.25, 0.3) is 0 Å². The van der Waals surface area contributed by atoms with E-state index in [1.165, 1.54) is 0 Å². The number of hydrogen-bond acceptors (Lipinski definition) is 3. The molecule has 0 radical (unpaired) electrons. The van der Waals surface area contributed by atoms with Crippen molar-refractivity contribution in [3.8, 4) is 0 Å². The lowest BCUT2D eigenvalue weighted by atomic mass is 10.2. The van der Waals surface area contributed by atoms with Gasteiger partial charge in [-0.05, 0) is 0 Å². The molecule has 62 valence electrons. The molecule has 1 rings (SSSR count). The summed E-state index contributed by atoms with van der Waals surface area (Å²) < 4.78 is 4.89. The minimum atomic E-state index is 0.372. The molecule has 0 aliphatic carbocycles. The van der Waals surface area contributed by atoms with Crippen LogP contribution in [0.1, 0.15) is 31.4 Å². The van der Waals surface area contributed by atoms with Crippen molar-refractivity contribution in [3.63, 3.8) is 0 Å². The Kier molecular flexibility index (Phi) is 2.59. The third kappa shape index (κ3) is 2.01. The van der Waals surface area contributed by atoms with Crippen LogP contribution in [0.3, 0.4) is 0 Å². The van der Waals surface area contributed by atoms with Crippen molar-refractivity contribution in [2.75, 3.05) is 7.11 Å². The van der Waals surface area contributed by atoms with Gasteiger partial charge in [0.15, 0.2) is 11.6 Å². The SMILES string of the molecule is COCc1nc(C(C)C)n[nH]1. The zero-order chi connectivity index (χ0) is 8.27. The van der Waals surface area contributed by atoms with Crippen LogP contribution in [0.5, 0.6) is 0 Å². The molecular weight excluding hydrogens is 142 g/mol. The molecular formula is C7H13N3O. The van der Waals surface area contributed by atoms with Crippen LogP contribution < -0.4 is 0 Å². The Labute approximate surface area is 66.0 Å². The van der Waals surface area contributed by atoms with Crippen LogP contribution in [-0.2, 0) is 11.3 Å². The molecule has 4 heteroatoms. The van der Waals surface area contributed by atoms with Gasteiger partial charge in [-0.1, -0.05) is 13.8 Å². The van der Waals surface area contributed by atoms with Gasteiger partial charge in [-0.25, -0.2) is 4.98 Å². The standard InChI is InChI=1S/C7H13N3O/c1-5(2)7-8-6(4-11-3)9-10-7/h5H,4H2,1-3H3,(H,8,9,10). The lowest BCUT2D eigenvalue weighted by molar-refractivity contribution is 0.178. The topological polar surface area (TPSA) is 50.8 Å². The van der Waals surface area contributed by atoms with E-state index in [9.17, 15) is 0 Å². The molecule has 11 heavy (non-hydrogen) atoms. The van der Waals surface area contributed by atoms with Crippen molar-refractivity contribution in [2.45, 2.75) is 26.4 Å². The van der Waals surface area contributed by atoms with Crippen LogP contribution >= 0.6 is 0 Å². The molecule has 1 heterocycles. The van der Waals surface area contributed by atoms with Crippen LogP contribution in [0, 0.1) is 0 Å². The van der Waals surface area contributed by atoms with Crippen LogP contribution in [-0.4, -0.2) is 22.3 Å². The molecule has 0 spiro atoms. The average molecular weight is 155 g/mol. The minimum absolute atomic E-state index is 0.372. The molecule has 0 fully saturated rings. The fraction of sp³-hybridized carbons (Fsp3) is 0.714. The smallest absolute Gasteiger partial charge is 0.153 e. The van der Waals surface area contributed by atoms with Gasteiger partial charge in [-0.2, -0.15) is 5.10 Å². The third-order valence-electron chi connectivity index (χ3n) is 1.35. The molecule has 4 nitrogen and oxygen atoms in total. The molecule has 0 aliphatic heterocycles. The third-order valence-corrected chi connectivity index (χ3v) is 1.35. The predicted octanol–water partition coefficient (Wildman–Crippen LogP) is 1.07. The van der Waals surface area contributed by atoms with Crippen molar-refractivity contribution in [1.82, 2.24) is 15.2 Å². The first kappa shape index (κ1) is 8.20. The van der Waals surface area contributed by atoms with Crippen molar-refractivity contribution in [3.05, 3.63) is 11.6 Å². The number of nitrogens with one attached hydrogen (secondary N) is 1. The number of methoxy groups -OCH3 is 1. The van der Waals surface area contributed by atoms with Gasteiger partial charge in [-0.3, -0.25) is 5.10 Å². The first-order chi connectivity index (χ1) is 5.24. The maximum absolute atomic E-state index is 4.89. The van der Waals surface area contributed by atoms with E-state index in [1.807, 2.05) is 0 Å². The molecule has 1 aromatic rings. The Hall–Kier alpha value is -0.900. The van der Waals surface area contributed by atoms with Gasteiger partial charge < -0.3 is 4.74 Å². The maximum Gasteiger partial charge on any atom is 0.153 e.